The summed E-state index contributed by atoms with van der Waals surface area (Å²) in [5.74, 6) is 1.16. The quantitative estimate of drug-likeness (QED) is 0.928. The van der Waals surface area contributed by atoms with Crippen LogP contribution >= 0.6 is 11.8 Å². The molecule has 0 radical (unpaired) electrons. The van der Waals surface area contributed by atoms with Crippen molar-refractivity contribution in [3.05, 3.63) is 29.8 Å². The maximum absolute atomic E-state index is 12.9. The molecule has 4 atom stereocenters. The minimum absolute atomic E-state index is 0.146. The van der Waals surface area contributed by atoms with Crippen molar-refractivity contribution in [1.29, 1.82) is 0 Å². The van der Waals surface area contributed by atoms with Crippen LogP contribution in [0.2, 0.25) is 0 Å². The first kappa shape index (κ1) is 15.7. The summed E-state index contributed by atoms with van der Waals surface area (Å²) in [6.45, 7) is 8.80. The largest absolute Gasteiger partial charge is 0.322 e. The molecule has 2 heterocycles. The Bertz CT molecular complexity index is 426. The highest BCUT2D eigenvalue weighted by Crippen LogP contribution is 2.27. The van der Waals surface area contributed by atoms with E-state index in [1.54, 1.807) is 6.07 Å². The molecule has 2 N–H and O–H groups in total. The summed E-state index contributed by atoms with van der Waals surface area (Å²) in [6.07, 6.45) is 1.24. The first-order chi connectivity index (χ1) is 9.49. The van der Waals surface area contributed by atoms with Gasteiger partial charge in [-0.3, -0.25) is 9.88 Å². The molecule has 0 aliphatic carbocycles. The van der Waals surface area contributed by atoms with Gasteiger partial charge in [0.1, 0.15) is 5.82 Å². The topological polar surface area (TPSA) is 42.1 Å². The van der Waals surface area contributed by atoms with E-state index in [-0.39, 0.29) is 11.9 Å². The van der Waals surface area contributed by atoms with Gasteiger partial charge >= 0.3 is 0 Å². The van der Waals surface area contributed by atoms with Crippen LogP contribution in [0, 0.1) is 11.7 Å². The minimum Gasteiger partial charge on any atom is -0.322 e. The molecule has 4 unspecified atom stereocenters. The second kappa shape index (κ2) is 6.87. The smallest absolute Gasteiger partial charge is 0.141 e. The Morgan fingerprint density at radius 1 is 1.50 bits per heavy atom. The Balaban J connectivity index is 1.96. The molecule has 1 aromatic rings. The molecular weight excluding hydrogens is 273 g/mol. The number of hydrogen-bond donors (Lipinski definition) is 1. The third kappa shape index (κ3) is 3.71. The van der Waals surface area contributed by atoms with Crippen molar-refractivity contribution in [2.45, 2.75) is 38.1 Å². The first-order valence-electron chi connectivity index (χ1n) is 7.21. The van der Waals surface area contributed by atoms with E-state index in [4.69, 9.17) is 5.73 Å². The predicted molar refractivity (Wildman–Crippen MR) is 83.2 cm³/mol. The summed E-state index contributed by atoms with van der Waals surface area (Å²) < 4.78 is 12.9. The van der Waals surface area contributed by atoms with Crippen LogP contribution in [0.3, 0.4) is 0 Å². The van der Waals surface area contributed by atoms with Gasteiger partial charge in [0.05, 0.1) is 17.9 Å². The molecule has 112 valence electrons. The van der Waals surface area contributed by atoms with Gasteiger partial charge in [-0.25, -0.2) is 4.39 Å². The zero-order valence-corrected chi connectivity index (χ0v) is 13.2. The molecule has 20 heavy (non-hydrogen) atoms. The lowest BCUT2D eigenvalue weighted by atomic mass is 9.97. The van der Waals surface area contributed by atoms with Crippen molar-refractivity contribution in [2.24, 2.45) is 11.7 Å². The summed E-state index contributed by atoms with van der Waals surface area (Å²) in [4.78, 5) is 6.61. The third-order valence-corrected chi connectivity index (χ3v) is 5.58. The van der Waals surface area contributed by atoms with Crippen molar-refractivity contribution in [3.8, 4) is 0 Å². The van der Waals surface area contributed by atoms with Crippen LogP contribution in [0.4, 0.5) is 4.39 Å². The monoisotopic (exact) mass is 297 g/mol. The van der Waals surface area contributed by atoms with Gasteiger partial charge in [-0.15, -0.1) is 0 Å². The van der Waals surface area contributed by atoms with E-state index in [9.17, 15) is 4.39 Å². The summed E-state index contributed by atoms with van der Waals surface area (Å²) in [5, 5.41) is 0.663. The van der Waals surface area contributed by atoms with Gasteiger partial charge in [0.2, 0.25) is 0 Å². The van der Waals surface area contributed by atoms with E-state index in [0.717, 1.165) is 18.8 Å². The second-order valence-corrected chi connectivity index (χ2v) is 7.20. The number of halogens is 1. The molecule has 1 saturated heterocycles. The van der Waals surface area contributed by atoms with Crippen LogP contribution in [-0.4, -0.2) is 40.0 Å². The molecule has 0 bridgehead atoms. The summed E-state index contributed by atoms with van der Waals surface area (Å²) in [6, 6.07) is 3.54. The maximum Gasteiger partial charge on any atom is 0.141 e. The van der Waals surface area contributed by atoms with Crippen LogP contribution in [0.25, 0.3) is 0 Å². The Morgan fingerprint density at radius 3 is 2.90 bits per heavy atom. The molecule has 0 spiro atoms. The fraction of sp³-hybridized carbons (Fsp3) is 0.667. The molecule has 0 amide bonds. The van der Waals surface area contributed by atoms with Crippen LogP contribution in [-0.2, 0) is 0 Å². The SMILES string of the molecule is CC(CN1CCSC(C)C1C)C(N)c1ccc(F)cn1. The number of rotatable bonds is 4. The molecule has 0 saturated carbocycles. The molecule has 5 heteroatoms. The Labute approximate surface area is 125 Å². The van der Waals surface area contributed by atoms with Crippen molar-refractivity contribution in [1.82, 2.24) is 9.88 Å². The van der Waals surface area contributed by atoms with Crippen LogP contribution in [0.5, 0.6) is 0 Å². The minimum atomic E-state index is -0.316. The molecule has 1 aliphatic heterocycles. The van der Waals surface area contributed by atoms with E-state index in [1.165, 1.54) is 18.0 Å². The highest BCUT2D eigenvalue weighted by molar-refractivity contribution is 8.00. The van der Waals surface area contributed by atoms with Crippen molar-refractivity contribution < 1.29 is 4.39 Å². The average Bonchev–Trinajstić information content (AvgIpc) is 2.44. The highest BCUT2D eigenvalue weighted by atomic mass is 32.2. The van der Waals surface area contributed by atoms with Crippen molar-refractivity contribution in [2.75, 3.05) is 18.8 Å². The van der Waals surface area contributed by atoms with Gasteiger partial charge in [-0.2, -0.15) is 11.8 Å². The van der Waals surface area contributed by atoms with Crippen molar-refractivity contribution >= 4 is 11.8 Å². The van der Waals surface area contributed by atoms with E-state index < -0.39 is 0 Å². The number of pyridine rings is 1. The van der Waals surface area contributed by atoms with Crippen LogP contribution in [0.1, 0.15) is 32.5 Å². The lowest BCUT2D eigenvalue weighted by molar-refractivity contribution is 0.174. The van der Waals surface area contributed by atoms with Crippen LogP contribution in [0.15, 0.2) is 18.3 Å². The van der Waals surface area contributed by atoms with Gasteiger partial charge in [-0.1, -0.05) is 13.8 Å². The summed E-state index contributed by atoms with van der Waals surface area (Å²) >= 11 is 2.04. The predicted octanol–water partition coefficient (Wildman–Crippen LogP) is 2.68. The average molecular weight is 297 g/mol. The van der Waals surface area contributed by atoms with E-state index in [1.807, 2.05) is 11.8 Å². The van der Waals surface area contributed by atoms with Gasteiger partial charge in [0.15, 0.2) is 0 Å². The zero-order chi connectivity index (χ0) is 14.7. The lowest BCUT2D eigenvalue weighted by Crippen LogP contribution is -2.47. The van der Waals surface area contributed by atoms with Gasteiger partial charge in [0.25, 0.3) is 0 Å². The number of nitrogens with two attached hydrogens (primary N) is 1. The van der Waals surface area contributed by atoms with Gasteiger partial charge in [-0.05, 0) is 25.0 Å². The Hall–Kier alpha value is -0.650. The number of hydrogen-bond acceptors (Lipinski definition) is 4. The van der Waals surface area contributed by atoms with Crippen LogP contribution < -0.4 is 5.73 Å². The van der Waals surface area contributed by atoms with E-state index in [2.05, 4.69) is 30.7 Å². The molecule has 2 rings (SSSR count). The lowest BCUT2D eigenvalue weighted by Gasteiger charge is -2.39. The summed E-state index contributed by atoms with van der Waals surface area (Å²) in [7, 11) is 0. The summed E-state index contributed by atoms with van der Waals surface area (Å²) in [5.41, 5.74) is 7.04. The van der Waals surface area contributed by atoms with E-state index in [0.29, 0.717) is 17.2 Å². The van der Waals surface area contributed by atoms with Crippen molar-refractivity contribution in [3.63, 3.8) is 0 Å². The highest BCUT2D eigenvalue weighted by Gasteiger charge is 2.28. The Morgan fingerprint density at radius 2 is 2.25 bits per heavy atom. The molecule has 1 fully saturated rings. The van der Waals surface area contributed by atoms with Gasteiger partial charge in [0, 0.05) is 30.1 Å². The second-order valence-electron chi connectivity index (χ2n) is 5.72. The zero-order valence-electron chi connectivity index (χ0n) is 12.4. The molecular formula is C15H24FN3S. The number of thioether (sulfide) groups is 1. The molecule has 1 aliphatic rings. The number of nitrogens with zero attached hydrogens (tertiary/aromatic N) is 2. The molecule has 1 aromatic heterocycles. The number of aromatic nitrogens is 1. The fourth-order valence-electron chi connectivity index (χ4n) is 2.61. The maximum atomic E-state index is 12.9. The van der Waals surface area contributed by atoms with E-state index >= 15 is 0 Å². The normalized spacial score (nSPS) is 27.2. The molecule has 0 aromatic carbocycles. The first-order valence-corrected chi connectivity index (χ1v) is 8.26. The van der Waals surface area contributed by atoms with Gasteiger partial charge < -0.3 is 5.73 Å². The molecule has 3 nitrogen and oxygen atoms in total. The Kier molecular flexibility index (Phi) is 5.41. The fourth-order valence-corrected chi connectivity index (χ4v) is 3.77. The standard InChI is InChI=1S/C15H24FN3S/c1-10(9-19-6-7-20-12(3)11(19)2)15(17)14-5-4-13(16)8-18-14/h4-5,8,10-12,15H,6-7,9,17H2,1-3H3. The third-order valence-electron chi connectivity index (χ3n) is 4.24.